The Hall–Kier alpha value is -2.20. The van der Waals surface area contributed by atoms with Gasteiger partial charge in [-0.3, -0.25) is 0 Å². The Morgan fingerprint density at radius 2 is 2.05 bits per heavy atom. The van der Waals surface area contributed by atoms with Crippen molar-refractivity contribution in [2.45, 2.75) is 38.8 Å². The fraction of sp³-hybridized carbons (Fsp3) is 0.500. The third-order valence-electron chi connectivity index (χ3n) is 2.47. The van der Waals surface area contributed by atoms with Gasteiger partial charge in [0.05, 0.1) is 6.04 Å². The Bertz CT molecular complexity index is 476. The minimum atomic E-state index is -0.546. The molecule has 6 heteroatoms. The highest BCUT2D eigenvalue weighted by Gasteiger charge is 2.20. The molecule has 0 aliphatic carbocycles. The molecule has 0 spiro atoms. The number of hydrogen-bond acceptors (Lipinski definition) is 3. The van der Waals surface area contributed by atoms with Crippen LogP contribution in [0, 0.1) is 0 Å². The number of nitrogens with one attached hydrogen (secondary N) is 1. The second kappa shape index (κ2) is 7.40. The zero-order chi connectivity index (χ0) is 15.0. The second-order valence-corrected chi connectivity index (χ2v) is 5.35. The Morgan fingerprint density at radius 1 is 1.40 bits per heavy atom. The molecule has 0 aliphatic heterocycles. The number of amides is 1. The third kappa shape index (κ3) is 6.11. The quantitative estimate of drug-likeness (QED) is 0.501. The van der Waals surface area contributed by atoms with Crippen molar-refractivity contribution >= 4 is 6.09 Å². The molecule has 1 N–H and O–H groups in total. The topological polar surface area (TPSA) is 87.1 Å². The lowest BCUT2D eigenvalue weighted by Crippen LogP contribution is -2.35. The number of ether oxygens (including phenoxy) is 1. The van der Waals surface area contributed by atoms with Crippen molar-refractivity contribution in [2.24, 2.45) is 5.11 Å². The van der Waals surface area contributed by atoms with Crippen LogP contribution in [-0.4, -0.2) is 18.2 Å². The molecule has 108 valence electrons. The van der Waals surface area contributed by atoms with E-state index in [0.29, 0.717) is 13.0 Å². The first-order valence-electron chi connectivity index (χ1n) is 6.47. The summed E-state index contributed by atoms with van der Waals surface area (Å²) in [6.07, 6.45) is 0.0418. The zero-order valence-corrected chi connectivity index (χ0v) is 12.0. The Kier molecular flexibility index (Phi) is 5.87. The second-order valence-electron chi connectivity index (χ2n) is 5.35. The molecule has 0 saturated heterocycles. The SMILES string of the molecule is CC(C)(C)OC(=O)NC(CCN=[N+]=[N-])c1ccccc1. The number of nitrogens with zero attached hydrogens (tertiary/aromatic N) is 3. The Morgan fingerprint density at radius 3 is 2.60 bits per heavy atom. The molecule has 1 unspecified atom stereocenters. The number of hydrogen-bond donors (Lipinski definition) is 1. The summed E-state index contributed by atoms with van der Waals surface area (Å²) < 4.78 is 5.24. The van der Waals surface area contributed by atoms with Crippen LogP contribution >= 0.6 is 0 Å². The van der Waals surface area contributed by atoms with E-state index in [-0.39, 0.29) is 6.04 Å². The lowest BCUT2D eigenvalue weighted by atomic mass is 10.0. The highest BCUT2D eigenvalue weighted by atomic mass is 16.6. The maximum atomic E-state index is 11.8. The summed E-state index contributed by atoms with van der Waals surface area (Å²) in [6, 6.07) is 9.29. The predicted octanol–water partition coefficient (Wildman–Crippen LogP) is 3.95. The fourth-order valence-electron chi connectivity index (χ4n) is 1.69. The van der Waals surface area contributed by atoms with Gasteiger partial charge in [-0.25, -0.2) is 4.79 Å². The van der Waals surface area contributed by atoms with E-state index in [0.717, 1.165) is 5.56 Å². The number of carbonyl (C=O) groups is 1. The van der Waals surface area contributed by atoms with Crippen LogP contribution in [0.3, 0.4) is 0 Å². The molecule has 0 saturated carbocycles. The maximum absolute atomic E-state index is 11.8. The fourth-order valence-corrected chi connectivity index (χ4v) is 1.69. The molecule has 1 amide bonds. The monoisotopic (exact) mass is 276 g/mol. The molecule has 1 aromatic rings. The van der Waals surface area contributed by atoms with Crippen molar-refractivity contribution in [2.75, 3.05) is 6.54 Å². The van der Waals surface area contributed by atoms with Crippen LogP contribution in [0.25, 0.3) is 10.4 Å². The van der Waals surface area contributed by atoms with Crippen molar-refractivity contribution in [3.8, 4) is 0 Å². The van der Waals surface area contributed by atoms with Gasteiger partial charge in [-0.1, -0.05) is 35.4 Å². The van der Waals surface area contributed by atoms with Gasteiger partial charge in [0.2, 0.25) is 0 Å². The Labute approximate surface area is 118 Å². The van der Waals surface area contributed by atoms with E-state index in [2.05, 4.69) is 15.3 Å². The summed E-state index contributed by atoms with van der Waals surface area (Å²) >= 11 is 0. The molecule has 0 fully saturated rings. The molecule has 0 aromatic heterocycles. The third-order valence-corrected chi connectivity index (χ3v) is 2.47. The van der Waals surface area contributed by atoms with Crippen LogP contribution < -0.4 is 5.32 Å². The van der Waals surface area contributed by atoms with Crippen LogP contribution in [0.5, 0.6) is 0 Å². The van der Waals surface area contributed by atoms with Crippen molar-refractivity contribution in [1.29, 1.82) is 0 Å². The van der Waals surface area contributed by atoms with Gasteiger partial charge >= 0.3 is 6.09 Å². The highest BCUT2D eigenvalue weighted by molar-refractivity contribution is 5.68. The van der Waals surface area contributed by atoms with E-state index < -0.39 is 11.7 Å². The summed E-state index contributed by atoms with van der Waals surface area (Å²) in [5, 5.41) is 6.31. The predicted molar refractivity (Wildman–Crippen MR) is 77.2 cm³/mol. The molecule has 0 bridgehead atoms. The highest BCUT2D eigenvalue weighted by Crippen LogP contribution is 2.18. The van der Waals surface area contributed by atoms with Crippen LogP contribution in [0.1, 0.15) is 38.8 Å². The largest absolute Gasteiger partial charge is 0.444 e. The van der Waals surface area contributed by atoms with E-state index in [1.54, 1.807) is 0 Å². The number of alkyl carbamates (subject to hydrolysis) is 1. The number of benzene rings is 1. The van der Waals surface area contributed by atoms with E-state index >= 15 is 0 Å². The minimum Gasteiger partial charge on any atom is -0.444 e. The summed E-state index contributed by atoms with van der Waals surface area (Å²) in [6.45, 7) is 5.74. The van der Waals surface area contributed by atoms with E-state index in [1.165, 1.54) is 0 Å². The molecule has 20 heavy (non-hydrogen) atoms. The van der Waals surface area contributed by atoms with Gasteiger partial charge in [0, 0.05) is 11.5 Å². The van der Waals surface area contributed by atoms with Crippen LogP contribution in [-0.2, 0) is 4.74 Å². The first kappa shape index (κ1) is 15.9. The van der Waals surface area contributed by atoms with Crippen LogP contribution in [0.15, 0.2) is 35.4 Å². The van der Waals surface area contributed by atoms with Crippen molar-refractivity contribution < 1.29 is 9.53 Å². The van der Waals surface area contributed by atoms with Crippen LogP contribution in [0.2, 0.25) is 0 Å². The zero-order valence-electron chi connectivity index (χ0n) is 12.0. The lowest BCUT2D eigenvalue weighted by molar-refractivity contribution is 0.0501. The first-order chi connectivity index (χ1) is 9.42. The summed E-state index contributed by atoms with van der Waals surface area (Å²) in [5.74, 6) is 0. The van der Waals surface area contributed by atoms with E-state index in [4.69, 9.17) is 10.3 Å². The van der Waals surface area contributed by atoms with Gasteiger partial charge < -0.3 is 10.1 Å². The minimum absolute atomic E-state index is 0.239. The molecule has 1 atom stereocenters. The van der Waals surface area contributed by atoms with Crippen molar-refractivity contribution in [3.05, 3.63) is 46.3 Å². The van der Waals surface area contributed by atoms with E-state index in [1.807, 2.05) is 51.1 Å². The van der Waals surface area contributed by atoms with Gasteiger partial charge in [-0.05, 0) is 38.3 Å². The standard InChI is InChI=1S/C14H20N4O2/c1-14(2,3)20-13(19)17-12(9-10-16-18-15)11-7-5-4-6-8-11/h4-8,12H,9-10H2,1-3H3,(H,17,19). The summed E-state index contributed by atoms with van der Waals surface area (Å²) in [7, 11) is 0. The summed E-state index contributed by atoms with van der Waals surface area (Å²) in [5.41, 5.74) is 8.74. The molecule has 1 aromatic carbocycles. The molecule has 0 aliphatic rings. The van der Waals surface area contributed by atoms with Crippen molar-refractivity contribution in [1.82, 2.24) is 5.32 Å². The van der Waals surface area contributed by atoms with Gasteiger partial charge in [0.15, 0.2) is 0 Å². The average molecular weight is 276 g/mol. The maximum Gasteiger partial charge on any atom is 0.408 e. The van der Waals surface area contributed by atoms with Gasteiger partial charge in [-0.15, -0.1) is 0 Å². The molecule has 1 rings (SSSR count). The molecule has 0 heterocycles. The normalized spacial score (nSPS) is 12.2. The number of carbonyl (C=O) groups excluding carboxylic acids is 1. The van der Waals surface area contributed by atoms with E-state index in [9.17, 15) is 4.79 Å². The lowest BCUT2D eigenvalue weighted by Gasteiger charge is -2.23. The van der Waals surface area contributed by atoms with Gasteiger partial charge in [-0.2, -0.15) is 0 Å². The Balaban J connectivity index is 2.73. The van der Waals surface area contributed by atoms with Crippen LogP contribution in [0.4, 0.5) is 4.79 Å². The summed E-state index contributed by atoms with van der Waals surface area (Å²) in [4.78, 5) is 14.6. The number of azide groups is 1. The molecule has 0 radical (unpaired) electrons. The van der Waals surface area contributed by atoms with Gasteiger partial charge in [0.25, 0.3) is 0 Å². The molecule has 6 nitrogen and oxygen atoms in total. The molecular weight excluding hydrogens is 256 g/mol. The molecular formula is C14H20N4O2. The first-order valence-corrected chi connectivity index (χ1v) is 6.47. The smallest absolute Gasteiger partial charge is 0.408 e. The average Bonchev–Trinajstić information content (AvgIpc) is 2.37. The van der Waals surface area contributed by atoms with Crippen molar-refractivity contribution in [3.63, 3.8) is 0 Å². The number of rotatable bonds is 5. The van der Waals surface area contributed by atoms with Gasteiger partial charge in [0.1, 0.15) is 5.60 Å².